The standard InChI is InChI=1S/C17H21N/c1-11(2)14-7-5-6-8-15(14)16-10-17(18)13(4)9-12(16)3/h5-11H,18H2,1-4H3. The summed E-state index contributed by atoms with van der Waals surface area (Å²) in [7, 11) is 0. The van der Waals surface area contributed by atoms with E-state index in [9.17, 15) is 0 Å². The highest BCUT2D eigenvalue weighted by molar-refractivity contribution is 5.75. The molecule has 0 radical (unpaired) electrons. The number of hydrogen-bond donors (Lipinski definition) is 1. The van der Waals surface area contributed by atoms with Gasteiger partial charge < -0.3 is 5.73 Å². The van der Waals surface area contributed by atoms with Crippen LogP contribution in [0.5, 0.6) is 0 Å². The lowest BCUT2D eigenvalue weighted by Gasteiger charge is -2.16. The second-order valence-corrected chi connectivity index (χ2v) is 5.27. The fourth-order valence-corrected chi connectivity index (χ4v) is 2.40. The predicted octanol–water partition coefficient (Wildman–Crippen LogP) is 4.68. The maximum absolute atomic E-state index is 6.05. The summed E-state index contributed by atoms with van der Waals surface area (Å²) in [5.41, 5.74) is 13.3. The van der Waals surface area contributed by atoms with Crippen molar-refractivity contribution in [1.29, 1.82) is 0 Å². The molecule has 1 nitrogen and oxygen atoms in total. The maximum Gasteiger partial charge on any atom is 0.0350 e. The lowest BCUT2D eigenvalue weighted by Crippen LogP contribution is -1.97. The van der Waals surface area contributed by atoms with Gasteiger partial charge in [0.15, 0.2) is 0 Å². The zero-order valence-electron chi connectivity index (χ0n) is 11.6. The smallest absolute Gasteiger partial charge is 0.0350 e. The molecule has 2 rings (SSSR count). The molecule has 0 aliphatic rings. The van der Waals surface area contributed by atoms with Crippen molar-refractivity contribution in [2.24, 2.45) is 0 Å². The third-order valence-corrected chi connectivity index (χ3v) is 3.49. The SMILES string of the molecule is Cc1cc(C)c(-c2ccccc2C(C)C)cc1N. The molecular formula is C17H21N. The average molecular weight is 239 g/mol. The quantitative estimate of drug-likeness (QED) is 0.757. The van der Waals surface area contributed by atoms with Crippen molar-refractivity contribution in [2.45, 2.75) is 33.6 Å². The molecule has 1 heteroatoms. The number of benzene rings is 2. The summed E-state index contributed by atoms with van der Waals surface area (Å²) in [6.45, 7) is 8.66. The normalized spacial score (nSPS) is 10.9. The molecule has 0 bridgehead atoms. The van der Waals surface area contributed by atoms with E-state index in [1.54, 1.807) is 0 Å². The van der Waals surface area contributed by atoms with Gasteiger partial charge in [0.2, 0.25) is 0 Å². The molecule has 0 unspecified atom stereocenters. The Labute approximate surface area is 110 Å². The van der Waals surface area contributed by atoms with Gasteiger partial charge in [0.05, 0.1) is 0 Å². The highest BCUT2D eigenvalue weighted by Crippen LogP contribution is 2.33. The highest BCUT2D eigenvalue weighted by atomic mass is 14.6. The molecular weight excluding hydrogens is 218 g/mol. The summed E-state index contributed by atoms with van der Waals surface area (Å²) in [6, 6.07) is 12.9. The number of rotatable bonds is 2. The average Bonchev–Trinajstić information content (AvgIpc) is 2.34. The Morgan fingerprint density at radius 3 is 2.22 bits per heavy atom. The van der Waals surface area contributed by atoms with Crippen LogP contribution >= 0.6 is 0 Å². The maximum atomic E-state index is 6.05. The van der Waals surface area contributed by atoms with Crippen molar-refractivity contribution in [2.75, 3.05) is 5.73 Å². The molecule has 2 aromatic rings. The van der Waals surface area contributed by atoms with Crippen LogP contribution in [0.3, 0.4) is 0 Å². The van der Waals surface area contributed by atoms with Crippen LogP contribution < -0.4 is 5.73 Å². The van der Waals surface area contributed by atoms with Crippen LogP contribution in [-0.2, 0) is 0 Å². The first-order chi connectivity index (χ1) is 8.50. The van der Waals surface area contributed by atoms with Gasteiger partial charge >= 0.3 is 0 Å². The molecule has 0 spiro atoms. The van der Waals surface area contributed by atoms with E-state index in [2.05, 4.69) is 64.1 Å². The first kappa shape index (κ1) is 12.7. The first-order valence-corrected chi connectivity index (χ1v) is 6.46. The minimum atomic E-state index is 0.517. The van der Waals surface area contributed by atoms with Gasteiger partial charge in [0.1, 0.15) is 0 Å². The Balaban J connectivity index is 2.66. The molecule has 94 valence electrons. The molecule has 0 atom stereocenters. The molecule has 0 saturated carbocycles. The molecule has 0 saturated heterocycles. The summed E-state index contributed by atoms with van der Waals surface area (Å²) in [4.78, 5) is 0. The molecule has 2 N–H and O–H groups in total. The fourth-order valence-electron chi connectivity index (χ4n) is 2.40. The van der Waals surface area contributed by atoms with Gasteiger partial charge in [-0.3, -0.25) is 0 Å². The summed E-state index contributed by atoms with van der Waals surface area (Å²) in [5.74, 6) is 0.517. The Bertz CT molecular complexity index is 568. The highest BCUT2D eigenvalue weighted by Gasteiger charge is 2.11. The van der Waals surface area contributed by atoms with Crippen LogP contribution in [0.1, 0.15) is 36.5 Å². The molecule has 2 aromatic carbocycles. The molecule has 0 fully saturated rings. The zero-order chi connectivity index (χ0) is 13.3. The van der Waals surface area contributed by atoms with Gasteiger partial charge in [0, 0.05) is 5.69 Å². The lowest BCUT2D eigenvalue weighted by molar-refractivity contribution is 0.869. The van der Waals surface area contributed by atoms with E-state index in [0.717, 1.165) is 11.3 Å². The fraction of sp³-hybridized carbons (Fsp3) is 0.294. The van der Waals surface area contributed by atoms with Gasteiger partial charge in [-0.2, -0.15) is 0 Å². The summed E-state index contributed by atoms with van der Waals surface area (Å²) in [6.07, 6.45) is 0. The minimum absolute atomic E-state index is 0.517. The molecule has 18 heavy (non-hydrogen) atoms. The summed E-state index contributed by atoms with van der Waals surface area (Å²) < 4.78 is 0. The third-order valence-electron chi connectivity index (χ3n) is 3.49. The van der Waals surface area contributed by atoms with Crippen molar-refractivity contribution in [3.63, 3.8) is 0 Å². The van der Waals surface area contributed by atoms with Crippen molar-refractivity contribution in [3.05, 3.63) is 53.1 Å². The lowest BCUT2D eigenvalue weighted by atomic mass is 9.89. The van der Waals surface area contributed by atoms with Gasteiger partial charge in [-0.05, 0) is 53.6 Å². The molecule has 0 heterocycles. The molecule has 0 aromatic heterocycles. The van der Waals surface area contributed by atoms with Gasteiger partial charge in [-0.25, -0.2) is 0 Å². The van der Waals surface area contributed by atoms with E-state index in [1.807, 2.05) is 0 Å². The topological polar surface area (TPSA) is 26.0 Å². The monoisotopic (exact) mass is 239 g/mol. The second kappa shape index (κ2) is 4.85. The Morgan fingerprint density at radius 2 is 1.56 bits per heavy atom. The summed E-state index contributed by atoms with van der Waals surface area (Å²) >= 11 is 0. The van der Waals surface area contributed by atoms with Gasteiger partial charge in [0.25, 0.3) is 0 Å². The molecule has 0 amide bonds. The summed E-state index contributed by atoms with van der Waals surface area (Å²) in [5, 5.41) is 0. The Hall–Kier alpha value is -1.76. The van der Waals surface area contributed by atoms with Crippen molar-refractivity contribution in [3.8, 4) is 11.1 Å². The second-order valence-electron chi connectivity index (χ2n) is 5.27. The van der Waals surface area contributed by atoms with E-state index in [-0.39, 0.29) is 0 Å². The van der Waals surface area contributed by atoms with E-state index in [0.29, 0.717) is 5.92 Å². The number of nitrogens with two attached hydrogens (primary N) is 1. The zero-order valence-corrected chi connectivity index (χ0v) is 11.6. The minimum Gasteiger partial charge on any atom is -0.398 e. The van der Waals surface area contributed by atoms with Crippen molar-refractivity contribution < 1.29 is 0 Å². The van der Waals surface area contributed by atoms with Crippen LogP contribution in [0, 0.1) is 13.8 Å². The van der Waals surface area contributed by atoms with E-state index in [4.69, 9.17) is 5.73 Å². The van der Waals surface area contributed by atoms with Crippen molar-refractivity contribution >= 4 is 5.69 Å². The number of nitrogen functional groups attached to an aromatic ring is 1. The number of hydrogen-bond acceptors (Lipinski definition) is 1. The van der Waals surface area contributed by atoms with E-state index >= 15 is 0 Å². The van der Waals surface area contributed by atoms with Crippen molar-refractivity contribution in [1.82, 2.24) is 0 Å². The van der Waals surface area contributed by atoms with Crippen LogP contribution in [0.15, 0.2) is 36.4 Å². The largest absolute Gasteiger partial charge is 0.398 e. The van der Waals surface area contributed by atoms with Crippen LogP contribution in [0.2, 0.25) is 0 Å². The molecule has 0 aliphatic heterocycles. The Kier molecular flexibility index (Phi) is 3.42. The number of aryl methyl sites for hydroxylation is 2. The predicted molar refractivity (Wildman–Crippen MR) is 79.9 cm³/mol. The van der Waals surface area contributed by atoms with Crippen LogP contribution in [0.25, 0.3) is 11.1 Å². The third kappa shape index (κ3) is 2.26. The first-order valence-electron chi connectivity index (χ1n) is 6.46. The Morgan fingerprint density at radius 1 is 0.889 bits per heavy atom. The van der Waals surface area contributed by atoms with E-state index in [1.165, 1.54) is 22.3 Å². The molecule has 0 aliphatic carbocycles. The van der Waals surface area contributed by atoms with Crippen LogP contribution in [0.4, 0.5) is 5.69 Å². The van der Waals surface area contributed by atoms with Gasteiger partial charge in [-0.15, -0.1) is 0 Å². The van der Waals surface area contributed by atoms with Gasteiger partial charge in [-0.1, -0.05) is 44.2 Å². The number of anilines is 1. The van der Waals surface area contributed by atoms with Crippen LogP contribution in [-0.4, -0.2) is 0 Å². The van der Waals surface area contributed by atoms with E-state index < -0.39 is 0 Å².